The van der Waals surface area contributed by atoms with E-state index in [4.69, 9.17) is 27.9 Å². The van der Waals surface area contributed by atoms with Crippen molar-refractivity contribution in [3.05, 3.63) is 33.8 Å². The molecular formula is C14H17Cl2NO2S. The first-order valence-corrected chi connectivity index (χ1v) is 8.45. The summed E-state index contributed by atoms with van der Waals surface area (Å²) >= 11 is 13.6. The highest BCUT2D eigenvalue weighted by Gasteiger charge is 2.15. The zero-order valence-corrected chi connectivity index (χ0v) is 13.4. The second-order valence-corrected chi connectivity index (χ2v) is 6.46. The molecule has 1 aromatic carbocycles. The Morgan fingerprint density at radius 1 is 1.25 bits per heavy atom. The molecule has 1 saturated heterocycles. The third-order valence-corrected chi connectivity index (χ3v) is 4.85. The van der Waals surface area contributed by atoms with E-state index in [-0.39, 0.29) is 5.91 Å². The van der Waals surface area contributed by atoms with E-state index in [9.17, 15) is 4.79 Å². The fourth-order valence-electron chi connectivity index (χ4n) is 1.95. The van der Waals surface area contributed by atoms with Crippen LogP contribution in [0.15, 0.2) is 18.2 Å². The summed E-state index contributed by atoms with van der Waals surface area (Å²) in [5.41, 5.74) is 1.13. The van der Waals surface area contributed by atoms with Crippen molar-refractivity contribution in [2.24, 2.45) is 0 Å². The molecule has 1 aliphatic rings. The van der Waals surface area contributed by atoms with Crippen molar-refractivity contribution >= 4 is 40.9 Å². The highest BCUT2D eigenvalue weighted by atomic mass is 35.5. The van der Waals surface area contributed by atoms with Gasteiger partial charge in [-0.2, -0.15) is 11.8 Å². The number of benzene rings is 1. The molecule has 0 bridgehead atoms. The van der Waals surface area contributed by atoms with Crippen molar-refractivity contribution in [3.8, 4) is 0 Å². The van der Waals surface area contributed by atoms with Crippen molar-refractivity contribution in [2.75, 3.05) is 32.1 Å². The van der Waals surface area contributed by atoms with Gasteiger partial charge in [0.25, 0.3) is 0 Å². The Balaban J connectivity index is 1.68. The molecule has 6 heteroatoms. The molecule has 1 heterocycles. The van der Waals surface area contributed by atoms with Gasteiger partial charge in [0.1, 0.15) is 0 Å². The molecule has 1 fully saturated rings. The van der Waals surface area contributed by atoms with E-state index in [1.165, 1.54) is 0 Å². The minimum Gasteiger partial charge on any atom is -0.378 e. The molecule has 1 amide bonds. The number of rotatable bonds is 5. The third-order valence-electron chi connectivity index (χ3n) is 3.08. The Morgan fingerprint density at radius 3 is 2.70 bits per heavy atom. The van der Waals surface area contributed by atoms with Crippen LogP contribution in [-0.4, -0.2) is 42.9 Å². The van der Waals surface area contributed by atoms with Crippen molar-refractivity contribution in [3.63, 3.8) is 0 Å². The number of carbonyl (C=O) groups is 1. The maximum Gasteiger partial charge on any atom is 0.223 e. The number of carbonyl (C=O) groups excluding carboxylic acids is 1. The molecule has 1 aliphatic heterocycles. The monoisotopic (exact) mass is 333 g/mol. The van der Waals surface area contributed by atoms with Gasteiger partial charge in [-0.05, 0) is 17.7 Å². The molecular weight excluding hydrogens is 317 g/mol. The predicted molar refractivity (Wildman–Crippen MR) is 84.6 cm³/mol. The van der Waals surface area contributed by atoms with Crippen molar-refractivity contribution in [1.29, 1.82) is 0 Å². The van der Waals surface area contributed by atoms with Crippen LogP contribution in [-0.2, 0) is 15.3 Å². The molecule has 0 atom stereocenters. The van der Waals surface area contributed by atoms with Gasteiger partial charge in [-0.3, -0.25) is 4.79 Å². The largest absolute Gasteiger partial charge is 0.378 e. The maximum atomic E-state index is 11.9. The number of hydrogen-bond acceptors (Lipinski definition) is 3. The summed E-state index contributed by atoms with van der Waals surface area (Å²) < 4.78 is 5.23. The summed E-state index contributed by atoms with van der Waals surface area (Å²) in [7, 11) is 0. The lowest BCUT2D eigenvalue weighted by atomic mass is 10.2. The lowest BCUT2D eigenvalue weighted by Gasteiger charge is -2.26. The zero-order valence-electron chi connectivity index (χ0n) is 11.1. The van der Waals surface area contributed by atoms with Crippen LogP contribution in [0.3, 0.4) is 0 Å². The van der Waals surface area contributed by atoms with Gasteiger partial charge in [-0.1, -0.05) is 29.3 Å². The summed E-state index contributed by atoms with van der Waals surface area (Å²) in [5.74, 6) is 1.87. The van der Waals surface area contributed by atoms with Crippen LogP contribution in [0.2, 0.25) is 10.0 Å². The molecule has 0 spiro atoms. The van der Waals surface area contributed by atoms with Gasteiger partial charge < -0.3 is 9.64 Å². The van der Waals surface area contributed by atoms with Gasteiger partial charge >= 0.3 is 0 Å². The van der Waals surface area contributed by atoms with Crippen molar-refractivity contribution < 1.29 is 9.53 Å². The predicted octanol–water partition coefficient (Wildman–Crippen LogP) is 3.48. The van der Waals surface area contributed by atoms with E-state index in [1.54, 1.807) is 17.8 Å². The molecule has 3 nitrogen and oxygen atoms in total. The first kappa shape index (κ1) is 16.0. The number of amides is 1. The van der Waals surface area contributed by atoms with E-state index >= 15 is 0 Å². The van der Waals surface area contributed by atoms with E-state index in [1.807, 2.05) is 17.0 Å². The van der Waals surface area contributed by atoms with Crippen LogP contribution in [0.5, 0.6) is 0 Å². The van der Waals surface area contributed by atoms with E-state index in [0.717, 1.165) is 30.2 Å². The summed E-state index contributed by atoms with van der Waals surface area (Å²) in [6.45, 7) is 2.75. The summed E-state index contributed by atoms with van der Waals surface area (Å²) in [5, 5.41) is 1.15. The van der Waals surface area contributed by atoms with Gasteiger partial charge in [0.05, 0.1) is 23.3 Å². The molecule has 0 aliphatic carbocycles. The normalized spacial score (nSPS) is 15.4. The summed E-state index contributed by atoms with van der Waals surface area (Å²) in [6.07, 6.45) is 0.575. The van der Waals surface area contributed by atoms with Crippen LogP contribution >= 0.6 is 35.0 Å². The number of ether oxygens (including phenoxy) is 1. The molecule has 0 saturated carbocycles. The fourth-order valence-corrected chi connectivity index (χ4v) is 3.15. The molecule has 1 aromatic rings. The molecule has 20 heavy (non-hydrogen) atoms. The summed E-state index contributed by atoms with van der Waals surface area (Å²) in [6, 6.07) is 5.64. The van der Waals surface area contributed by atoms with E-state index in [0.29, 0.717) is 29.7 Å². The molecule has 0 aromatic heterocycles. The number of morpholine rings is 1. The second-order valence-electron chi connectivity index (χ2n) is 4.54. The Morgan fingerprint density at radius 2 is 2.00 bits per heavy atom. The smallest absolute Gasteiger partial charge is 0.223 e. The lowest BCUT2D eigenvalue weighted by Crippen LogP contribution is -2.40. The van der Waals surface area contributed by atoms with E-state index < -0.39 is 0 Å². The van der Waals surface area contributed by atoms with Crippen molar-refractivity contribution in [1.82, 2.24) is 4.90 Å². The van der Waals surface area contributed by atoms with Gasteiger partial charge in [0.15, 0.2) is 0 Å². The Kier molecular flexibility index (Phi) is 6.49. The Bertz CT molecular complexity index is 464. The molecule has 2 rings (SSSR count). The van der Waals surface area contributed by atoms with Crippen LogP contribution in [0.4, 0.5) is 0 Å². The minimum absolute atomic E-state index is 0.218. The van der Waals surface area contributed by atoms with Gasteiger partial charge in [0.2, 0.25) is 5.91 Å². The Labute approximate surface area is 133 Å². The maximum absolute atomic E-state index is 11.9. The van der Waals surface area contributed by atoms with E-state index in [2.05, 4.69) is 0 Å². The molecule has 0 unspecified atom stereocenters. The zero-order chi connectivity index (χ0) is 14.4. The van der Waals surface area contributed by atoms with Crippen LogP contribution < -0.4 is 0 Å². The second kappa shape index (κ2) is 8.13. The highest BCUT2D eigenvalue weighted by molar-refractivity contribution is 7.98. The number of thioether (sulfide) groups is 1. The van der Waals surface area contributed by atoms with Crippen LogP contribution in [0.25, 0.3) is 0 Å². The number of hydrogen-bond donors (Lipinski definition) is 0. The Hall–Kier alpha value is -0.420. The van der Waals surface area contributed by atoms with Crippen molar-refractivity contribution in [2.45, 2.75) is 12.2 Å². The van der Waals surface area contributed by atoms with Gasteiger partial charge in [-0.25, -0.2) is 0 Å². The van der Waals surface area contributed by atoms with Crippen LogP contribution in [0.1, 0.15) is 12.0 Å². The standard InChI is InChI=1S/C14H17Cl2NO2S/c15-12-2-1-11(9-13(12)16)10-20-8-3-14(18)17-4-6-19-7-5-17/h1-2,9H,3-8,10H2. The van der Waals surface area contributed by atoms with Gasteiger partial charge in [0, 0.05) is 31.0 Å². The topological polar surface area (TPSA) is 29.5 Å². The molecule has 0 N–H and O–H groups in total. The molecule has 110 valence electrons. The average Bonchev–Trinajstić information content (AvgIpc) is 2.48. The highest BCUT2D eigenvalue weighted by Crippen LogP contribution is 2.24. The first-order valence-electron chi connectivity index (χ1n) is 6.54. The fraction of sp³-hybridized carbons (Fsp3) is 0.500. The number of nitrogens with zero attached hydrogens (tertiary/aromatic N) is 1. The average molecular weight is 334 g/mol. The van der Waals surface area contributed by atoms with Gasteiger partial charge in [-0.15, -0.1) is 0 Å². The third kappa shape index (κ3) is 4.85. The quantitative estimate of drug-likeness (QED) is 0.772. The van der Waals surface area contributed by atoms with Crippen LogP contribution in [0, 0.1) is 0 Å². The molecule has 0 radical (unpaired) electrons. The SMILES string of the molecule is O=C(CCSCc1ccc(Cl)c(Cl)c1)N1CCOCC1. The lowest BCUT2D eigenvalue weighted by molar-refractivity contribution is -0.134. The first-order chi connectivity index (χ1) is 9.66. The minimum atomic E-state index is 0.218. The number of halogens is 2. The summed E-state index contributed by atoms with van der Waals surface area (Å²) in [4.78, 5) is 13.8.